The maximum Gasteiger partial charge on any atom is 0.0832 e. The SMILES string of the molecule is CC(C)c1ccc(CO)n1C. The molecule has 0 radical (unpaired) electrons. The Hall–Kier alpha value is -0.760. The number of hydrogen-bond donors (Lipinski definition) is 1. The Balaban J connectivity index is 3.00. The molecule has 0 bridgehead atoms. The van der Waals surface area contributed by atoms with Gasteiger partial charge >= 0.3 is 0 Å². The lowest BCUT2D eigenvalue weighted by Gasteiger charge is -2.08. The van der Waals surface area contributed by atoms with Crippen molar-refractivity contribution in [3.8, 4) is 0 Å². The van der Waals surface area contributed by atoms with E-state index in [1.165, 1.54) is 5.69 Å². The molecular formula is C9H15NO. The van der Waals surface area contributed by atoms with Gasteiger partial charge in [-0.2, -0.15) is 0 Å². The smallest absolute Gasteiger partial charge is 0.0832 e. The van der Waals surface area contributed by atoms with E-state index in [1.807, 2.05) is 17.7 Å². The predicted octanol–water partition coefficient (Wildman–Crippen LogP) is 1.64. The maximum absolute atomic E-state index is 8.89. The molecule has 1 aromatic heterocycles. The topological polar surface area (TPSA) is 25.2 Å². The van der Waals surface area contributed by atoms with Crippen LogP contribution in [0.25, 0.3) is 0 Å². The summed E-state index contributed by atoms with van der Waals surface area (Å²) in [6, 6.07) is 4.03. The van der Waals surface area contributed by atoms with Crippen molar-refractivity contribution in [1.82, 2.24) is 4.57 Å². The quantitative estimate of drug-likeness (QED) is 0.686. The molecule has 2 nitrogen and oxygen atoms in total. The van der Waals surface area contributed by atoms with Crippen LogP contribution in [0, 0.1) is 0 Å². The van der Waals surface area contributed by atoms with E-state index in [-0.39, 0.29) is 6.61 Å². The molecule has 0 fully saturated rings. The fourth-order valence-electron chi connectivity index (χ4n) is 1.31. The van der Waals surface area contributed by atoms with Crippen molar-refractivity contribution < 1.29 is 5.11 Å². The molecule has 0 spiro atoms. The highest BCUT2D eigenvalue weighted by molar-refractivity contribution is 5.17. The first-order valence-corrected chi connectivity index (χ1v) is 3.92. The lowest BCUT2D eigenvalue weighted by molar-refractivity contribution is 0.272. The number of rotatable bonds is 2. The molecule has 62 valence electrons. The van der Waals surface area contributed by atoms with Crippen LogP contribution < -0.4 is 0 Å². The van der Waals surface area contributed by atoms with Crippen molar-refractivity contribution in [3.63, 3.8) is 0 Å². The van der Waals surface area contributed by atoms with Crippen LogP contribution in [0.3, 0.4) is 0 Å². The van der Waals surface area contributed by atoms with Gasteiger partial charge < -0.3 is 9.67 Å². The highest BCUT2D eigenvalue weighted by Crippen LogP contribution is 2.16. The Morgan fingerprint density at radius 3 is 2.36 bits per heavy atom. The van der Waals surface area contributed by atoms with Crippen molar-refractivity contribution >= 4 is 0 Å². The summed E-state index contributed by atoms with van der Waals surface area (Å²) in [5.74, 6) is 0.528. The zero-order chi connectivity index (χ0) is 8.43. The third-order valence-electron chi connectivity index (χ3n) is 2.02. The summed E-state index contributed by atoms with van der Waals surface area (Å²) in [5.41, 5.74) is 2.25. The summed E-state index contributed by atoms with van der Waals surface area (Å²) in [6.45, 7) is 4.43. The molecule has 1 rings (SSSR count). The highest BCUT2D eigenvalue weighted by atomic mass is 16.3. The van der Waals surface area contributed by atoms with Crippen molar-refractivity contribution in [1.29, 1.82) is 0 Å². The second-order valence-corrected chi connectivity index (χ2v) is 3.12. The van der Waals surface area contributed by atoms with Crippen LogP contribution in [-0.2, 0) is 13.7 Å². The lowest BCUT2D eigenvalue weighted by Crippen LogP contribution is -2.01. The minimum Gasteiger partial charge on any atom is -0.390 e. The third-order valence-corrected chi connectivity index (χ3v) is 2.02. The number of aromatic nitrogens is 1. The van der Waals surface area contributed by atoms with Crippen molar-refractivity contribution in [2.75, 3.05) is 0 Å². The number of aliphatic hydroxyl groups is 1. The maximum atomic E-state index is 8.89. The monoisotopic (exact) mass is 153 g/mol. The second-order valence-electron chi connectivity index (χ2n) is 3.12. The molecule has 1 aromatic rings. The van der Waals surface area contributed by atoms with Crippen molar-refractivity contribution in [3.05, 3.63) is 23.5 Å². The van der Waals surface area contributed by atoms with Gasteiger partial charge in [0.2, 0.25) is 0 Å². The normalized spacial score (nSPS) is 11.0. The first kappa shape index (κ1) is 8.34. The van der Waals surface area contributed by atoms with Crippen LogP contribution in [0.4, 0.5) is 0 Å². The molecule has 0 amide bonds. The Kier molecular flexibility index (Phi) is 2.35. The van der Waals surface area contributed by atoms with E-state index in [4.69, 9.17) is 5.11 Å². The van der Waals surface area contributed by atoms with Crippen molar-refractivity contribution in [2.24, 2.45) is 7.05 Å². The summed E-state index contributed by atoms with van der Waals surface area (Å²) in [5, 5.41) is 8.89. The molecule has 0 aliphatic heterocycles. The highest BCUT2D eigenvalue weighted by Gasteiger charge is 2.05. The molecule has 1 heterocycles. The van der Waals surface area contributed by atoms with Crippen LogP contribution in [0.1, 0.15) is 31.2 Å². The Morgan fingerprint density at radius 1 is 1.45 bits per heavy atom. The van der Waals surface area contributed by atoms with Gasteiger partial charge in [-0.3, -0.25) is 0 Å². The molecule has 11 heavy (non-hydrogen) atoms. The zero-order valence-corrected chi connectivity index (χ0v) is 7.33. The van der Waals surface area contributed by atoms with Gasteiger partial charge in [-0.15, -0.1) is 0 Å². The fourth-order valence-corrected chi connectivity index (χ4v) is 1.31. The minimum absolute atomic E-state index is 0.128. The van der Waals surface area contributed by atoms with E-state index in [9.17, 15) is 0 Å². The molecule has 0 atom stereocenters. The average molecular weight is 153 g/mol. The van der Waals surface area contributed by atoms with Gasteiger partial charge in [0.15, 0.2) is 0 Å². The standard InChI is InChI=1S/C9H15NO/c1-7(2)9-5-4-8(6-11)10(9)3/h4-5,7,11H,6H2,1-3H3. The van der Waals surface area contributed by atoms with Gasteiger partial charge in [0.25, 0.3) is 0 Å². The molecular weight excluding hydrogens is 138 g/mol. The van der Waals surface area contributed by atoms with Crippen molar-refractivity contribution in [2.45, 2.75) is 26.4 Å². The van der Waals surface area contributed by atoms with E-state index in [0.717, 1.165) is 5.69 Å². The first-order valence-electron chi connectivity index (χ1n) is 3.92. The molecule has 0 aromatic carbocycles. The van der Waals surface area contributed by atoms with E-state index in [1.54, 1.807) is 0 Å². The second kappa shape index (κ2) is 3.09. The summed E-state index contributed by atoms with van der Waals surface area (Å²) in [6.07, 6.45) is 0. The van der Waals surface area contributed by atoms with Crippen LogP contribution in [0.5, 0.6) is 0 Å². The molecule has 0 aliphatic rings. The van der Waals surface area contributed by atoms with E-state index >= 15 is 0 Å². The third kappa shape index (κ3) is 1.46. The summed E-state index contributed by atoms with van der Waals surface area (Å²) < 4.78 is 2.05. The van der Waals surface area contributed by atoms with Crippen LogP contribution in [0.15, 0.2) is 12.1 Å². The zero-order valence-electron chi connectivity index (χ0n) is 7.33. The van der Waals surface area contributed by atoms with Crippen LogP contribution in [-0.4, -0.2) is 9.67 Å². The Bertz CT molecular complexity index is 238. The van der Waals surface area contributed by atoms with Gasteiger partial charge in [-0.25, -0.2) is 0 Å². The summed E-state index contributed by atoms with van der Waals surface area (Å²) in [7, 11) is 1.99. The predicted molar refractivity (Wildman–Crippen MR) is 45.4 cm³/mol. The van der Waals surface area contributed by atoms with Gasteiger partial charge in [-0.1, -0.05) is 13.8 Å². The van der Waals surface area contributed by atoms with E-state index < -0.39 is 0 Å². The van der Waals surface area contributed by atoms with E-state index in [2.05, 4.69) is 19.9 Å². The molecule has 0 saturated heterocycles. The van der Waals surface area contributed by atoms with Gasteiger partial charge in [0.1, 0.15) is 0 Å². The Morgan fingerprint density at radius 2 is 2.09 bits per heavy atom. The molecule has 1 N–H and O–H groups in total. The molecule has 0 unspecified atom stereocenters. The number of nitrogens with zero attached hydrogens (tertiary/aromatic N) is 1. The lowest BCUT2D eigenvalue weighted by atomic mass is 10.1. The summed E-state index contributed by atoms with van der Waals surface area (Å²) in [4.78, 5) is 0. The molecule has 0 saturated carbocycles. The minimum atomic E-state index is 0.128. The number of hydrogen-bond acceptors (Lipinski definition) is 1. The van der Waals surface area contributed by atoms with Crippen LogP contribution in [0.2, 0.25) is 0 Å². The Labute approximate surface area is 67.5 Å². The van der Waals surface area contributed by atoms with Crippen LogP contribution >= 0.6 is 0 Å². The van der Waals surface area contributed by atoms with E-state index in [0.29, 0.717) is 5.92 Å². The molecule has 2 heteroatoms. The molecule has 0 aliphatic carbocycles. The summed E-state index contributed by atoms with van der Waals surface area (Å²) >= 11 is 0. The first-order chi connectivity index (χ1) is 5.16. The van der Waals surface area contributed by atoms with Gasteiger partial charge in [0, 0.05) is 18.4 Å². The largest absolute Gasteiger partial charge is 0.390 e. The fraction of sp³-hybridized carbons (Fsp3) is 0.556. The number of aliphatic hydroxyl groups excluding tert-OH is 1. The average Bonchev–Trinajstić information content (AvgIpc) is 2.30. The van der Waals surface area contributed by atoms with Gasteiger partial charge in [-0.05, 0) is 18.1 Å². The van der Waals surface area contributed by atoms with Gasteiger partial charge in [0.05, 0.1) is 6.61 Å².